The van der Waals surface area contributed by atoms with Crippen LogP contribution < -0.4 is 15.5 Å². The molecular formula is C26H28FN7O. The number of nitrogens with one attached hydrogen (secondary N) is 2. The summed E-state index contributed by atoms with van der Waals surface area (Å²) in [6.45, 7) is 6.67. The number of piperazine rings is 1. The molecule has 4 aromatic rings. The van der Waals surface area contributed by atoms with Crippen LogP contribution in [0.4, 0.5) is 10.1 Å². The van der Waals surface area contributed by atoms with Crippen LogP contribution in [0.15, 0.2) is 36.7 Å². The van der Waals surface area contributed by atoms with Gasteiger partial charge in [-0.3, -0.25) is 4.79 Å². The number of anilines is 1. The maximum Gasteiger partial charge on any atom is 0.270 e. The fourth-order valence-corrected chi connectivity index (χ4v) is 4.89. The summed E-state index contributed by atoms with van der Waals surface area (Å²) < 4.78 is 16.4. The summed E-state index contributed by atoms with van der Waals surface area (Å²) in [4.78, 5) is 29.3. The lowest BCUT2D eigenvalue weighted by Gasteiger charge is -2.33. The monoisotopic (exact) mass is 473 g/mol. The molecule has 6 rings (SSSR count). The molecule has 4 heterocycles. The number of halogens is 1. The standard InChI is InChI=1S/C26H28FN7O/c1-15-12-33(9-8-28-15)19-6-7-22-20(11-19)23(26(35)30-18-4-3-5-18)32-24(31-22)17-10-21(27)25-29-16(2)13-34(25)14-17/h6-7,10-11,13-15,18,28H,3-5,8-9,12H2,1-2H3,(H,30,35). The minimum absolute atomic E-state index is 0.177. The van der Waals surface area contributed by atoms with Crippen LogP contribution >= 0.6 is 0 Å². The highest BCUT2D eigenvalue weighted by Crippen LogP contribution is 2.28. The van der Waals surface area contributed by atoms with Crippen LogP contribution in [-0.2, 0) is 0 Å². The van der Waals surface area contributed by atoms with Crippen LogP contribution in [0.5, 0.6) is 0 Å². The van der Waals surface area contributed by atoms with Crippen LogP contribution in [0.2, 0.25) is 0 Å². The van der Waals surface area contributed by atoms with Crippen LogP contribution in [-0.4, -0.2) is 57.0 Å². The van der Waals surface area contributed by atoms with Gasteiger partial charge in [0.1, 0.15) is 5.69 Å². The zero-order valence-electron chi connectivity index (χ0n) is 19.9. The third-order valence-electron chi connectivity index (χ3n) is 6.95. The molecule has 0 bridgehead atoms. The lowest BCUT2D eigenvalue weighted by Crippen LogP contribution is -2.49. The molecule has 1 aliphatic carbocycles. The fourth-order valence-electron chi connectivity index (χ4n) is 4.89. The first-order valence-electron chi connectivity index (χ1n) is 12.2. The Morgan fingerprint density at radius 3 is 2.80 bits per heavy atom. The molecule has 1 amide bonds. The second-order valence-electron chi connectivity index (χ2n) is 9.69. The van der Waals surface area contributed by atoms with E-state index in [2.05, 4.69) is 32.4 Å². The number of imidazole rings is 1. The molecule has 180 valence electrons. The highest BCUT2D eigenvalue weighted by atomic mass is 19.1. The number of fused-ring (bicyclic) bond motifs is 2. The van der Waals surface area contributed by atoms with Crippen molar-refractivity contribution in [3.05, 3.63) is 53.9 Å². The average molecular weight is 474 g/mol. The van der Waals surface area contributed by atoms with Gasteiger partial charge < -0.3 is 19.9 Å². The van der Waals surface area contributed by atoms with Gasteiger partial charge in [0.25, 0.3) is 5.91 Å². The molecule has 2 aliphatic rings. The van der Waals surface area contributed by atoms with Gasteiger partial charge in [-0.05, 0) is 57.4 Å². The second kappa shape index (κ2) is 8.57. The van der Waals surface area contributed by atoms with Crippen LogP contribution in [0.1, 0.15) is 42.4 Å². The normalized spacial score (nSPS) is 18.7. The minimum atomic E-state index is -0.456. The molecule has 0 radical (unpaired) electrons. The third kappa shape index (κ3) is 4.10. The zero-order valence-corrected chi connectivity index (χ0v) is 19.9. The van der Waals surface area contributed by atoms with Crippen molar-refractivity contribution in [1.29, 1.82) is 0 Å². The first kappa shape index (κ1) is 21.9. The molecule has 9 heteroatoms. The van der Waals surface area contributed by atoms with Crippen LogP contribution in [0.3, 0.4) is 0 Å². The van der Waals surface area contributed by atoms with Gasteiger partial charge in [0.15, 0.2) is 17.3 Å². The van der Waals surface area contributed by atoms with Crippen molar-refractivity contribution in [3.8, 4) is 11.4 Å². The number of hydrogen-bond acceptors (Lipinski definition) is 6. The number of aromatic nitrogens is 4. The molecule has 1 saturated heterocycles. The zero-order chi connectivity index (χ0) is 24.1. The molecule has 1 aliphatic heterocycles. The molecule has 0 spiro atoms. The summed E-state index contributed by atoms with van der Waals surface area (Å²) in [5.74, 6) is -0.357. The quantitative estimate of drug-likeness (QED) is 0.472. The lowest BCUT2D eigenvalue weighted by molar-refractivity contribution is 0.0913. The average Bonchev–Trinajstić information content (AvgIpc) is 3.21. The van der Waals surface area contributed by atoms with Gasteiger partial charge in [-0.2, -0.15) is 0 Å². The van der Waals surface area contributed by atoms with Gasteiger partial charge in [0.2, 0.25) is 0 Å². The van der Waals surface area contributed by atoms with Gasteiger partial charge in [-0.15, -0.1) is 0 Å². The summed E-state index contributed by atoms with van der Waals surface area (Å²) in [5, 5.41) is 7.27. The Kier molecular flexibility index (Phi) is 5.36. The number of hydrogen-bond donors (Lipinski definition) is 2. The third-order valence-corrected chi connectivity index (χ3v) is 6.95. The first-order chi connectivity index (χ1) is 16.9. The predicted octanol–water partition coefficient (Wildman–Crippen LogP) is 3.47. The topological polar surface area (TPSA) is 87.5 Å². The van der Waals surface area contributed by atoms with E-state index in [1.54, 1.807) is 16.8 Å². The number of pyridine rings is 1. The van der Waals surface area contributed by atoms with Gasteiger partial charge in [0.05, 0.1) is 11.2 Å². The molecule has 8 nitrogen and oxygen atoms in total. The Bertz CT molecular complexity index is 1440. The van der Waals surface area contributed by atoms with Gasteiger partial charge in [0, 0.05) is 60.7 Å². The Labute approximate surface area is 202 Å². The van der Waals surface area contributed by atoms with Crippen molar-refractivity contribution in [3.63, 3.8) is 0 Å². The van der Waals surface area contributed by atoms with Crippen molar-refractivity contribution < 1.29 is 9.18 Å². The molecule has 1 atom stereocenters. The van der Waals surface area contributed by atoms with E-state index in [-0.39, 0.29) is 17.6 Å². The first-order valence-corrected chi connectivity index (χ1v) is 12.2. The molecule has 35 heavy (non-hydrogen) atoms. The van der Waals surface area contributed by atoms with Crippen LogP contribution in [0.25, 0.3) is 27.9 Å². The van der Waals surface area contributed by atoms with E-state index in [1.807, 2.05) is 25.1 Å². The Balaban J connectivity index is 1.47. The van der Waals surface area contributed by atoms with Gasteiger partial charge in [-0.25, -0.2) is 19.3 Å². The molecule has 1 unspecified atom stereocenters. The van der Waals surface area contributed by atoms with E-state index in [0.29, 0.717) is 34.0 Å². The summed E-state index contributed by atoms with van der Waals surface area (Å²) in [5.41, 5.74) is 3.49. The lowest BCUT2D eigenvalue weighted by atomic mass is 9.93. The van der Waals surface area contributed by atoms with Crippen molar-refractivity contribution in [1.82, 2.24) is 30.0 Å². The molecule has 1 saturated carbocycles. The van der Waals surface area contributed by atoms with Crippen molar-refractivity contribution >= 4 is 28.1 Å². The molecule has 2 N–H and O–H groups in total. The van der Waals surface area contributed by atoms with Gasteiger partial charge in [-0.1, -0.05) is 0 Å². The largest absolute Gasteiger partial charge is 0.369 e. The van der Waals surface area contributed by atoms with E-state index in [4.69, 9.17) is 4.98 Å². The smallest absolute Gasteiger partial charge is 0.270 e. The number of rotatable bonds is 4. The van der Waals surface area contributed by atoms with Crippen LogP contribution in [0, 0.1) is 12.7 Å². The minimum Gasteiger partial charge on any atom is -0.369 e. The summed E-state index contributed by atoms with van der Waals surface area (Å²) in [6, 6.07) is 7.92. The SMILES string of the molecule is Cc1cn2cc(-c3nc(C(=O)NC4CCC4)c4cc(N5CCNC(C)C5)ccc4n3)cc(F)c2n1. The van der Waals surface area contributed by atoms with E-state index in [0.717, 1.165) is 50.3 Å². The molecular weight excluding hydrogens is 445 g/mol. The Morgan fingerprint density at radius 1 is 1.17 bits per heavy atom. The highest BCUT2D eigenvalue weighted by Gasteiger charge is 2.24. The maximum absolute atomic E-state index is 14.8. The number of nitrogens with zero attached hydrogens (tertiary/aromatic N) is 5. The summed E-state index contributed by atoms with van der Waals surface area (Å²) in [6.07, 6.45) is 6.59. The van der Waals surface area contributed by atoms with Crippen molar-refractivity contribution in [2.24, 2.45) is 0 Å². The Morgan fingerprint density at radius 2 is 2.03 bits per heavy atom. The van der Waals surface area contributed by atoms with E-state index < -0.39 is 5.82 Å². The number of benzene rings is 1. The second-order valence-corrected chi connectivity index (χ2v) is 9.69. The molecule has 1 aromatic carbocycles. The number of carbonyl (C=O) groups excluding carboxylic acids is 1. The fraction of sp³-hybridized carbons (Fsp3) is 0.385. The van der Waals surface area contributed by atoms with E-state index in [9.17, 15) is 9.18 Å². The van der Waals surface area contributed by atoms with E-state index in [1.165, 1.54) is 6.07 Å². The van der Waals surface area contributed by atoms with Crippen molar-refractivity contribution in [2.45, 2.75) is 45.2 Å². The highest BCUT2D eigenvalue weighted by molar-refractivity contribution is 6.05. The number of amides is 1. The number of carbonyl (C=O) groups is 1. The summed E-state index contributed by atoms with van der Waals surface area (Å²) >= 11 is 0. The van der Waals surface area contributed by atoms with E-state index >= 15 is 0 Å². The molecule has 2 fully saturated rings. The summed E-state index contributed by atoms with van der Waals surface area (Å²) in [7, 11) is 0. The van der Waals surface area contributed by atoms with Crippen molar-refractivity contribution in [2.75, 3.05) is 24.5 Å². The predicted molar refractivity (Wildman–Crippen MR) is 133 cm³/mol. The molecule has 3 aromatic heterocycles. The Hall–Kier alpha value is -3.59. The maximum atomic E-state index is 14.8. The van der Waals surface area contributed by atoms with Gasteiger partial charge >= 0.3 is 0 Å². The number of aryl methyl sites for hydroxylation is 1.